The van der Waals surface area contributed by atoms with Crippen molar-refractivity contribution in [1.82, 2.24) is 5.32 Å². The van der Waals surface area contributed by atoms with Crippen LogP contribution in [-0.4, -0.2) is 33.2 Å². The molecule has 0 fully saturated rings. The first kappa shape index (κ1) is 13.3. The van der Waals surface area contributed by atoms with Crippen LogP contribution in [0.4, 0.5) is 0 Å². The molecule has 0 heterocycles. The number of nitrogens with one attached hydrogen (secondary N) is 1. The number of benzene rings is 1. The third-order valence-electron chi connectivity index (χ3n) is 2.52. The fraction of sp³-hybridized carbons (Fsp3) is 0.417. The van der Waals surface area contributed by atoms with Crippen LogP contribution >= 0.6 is 0 Å². The number of rotatable bonds is 5. The van der Waals surface area contributed by atoms with Crippen molar-refractivity contribution in [3.8, 4) is 11.5 Å². The quantitative estimate of drug-likeness (QED) is 0.774. The van der Waals surface area contributed by atoms with Gasteiger partial charge < -0.3 is 20.5 Å². The van der Waals surface area contributed by atoms with Gasteiger partial charge in [0.1, 0.15) is 11.5 Å². The minimum atomic E-state index is -0.581. The third kappa shape index (κ3) is 3.35. The van der Waals surface area contributed by atoms with E-state index in [0.717, 1.165) is 5.56 Å². The first-order valence-electron chi connectivity index (χ1n) is 5.30. The van der Waals surface area contributed by atoms with E-state index in [9.17, 15) is 4.79 Å². The average molecular weight is 238 g/mol. The van der Waals surface area contributed by atoms with Crippen LogP contribution in [0.3, 0.4) is 0 Å². The number of nitrogens with two attached hydrogens (primary N) is 1. The zero-order valence-corrected chi connectivity index (χ0v) is 10.3. The van der Waals surface area contributed by atoms with Crippen molar-refractivity contribution in [2.24, 2.45) is 5.73 Å². The van der Waals surface area contributed by atoms with Gasteiger partial charge in [0.2, 0.25) is 5.91 Å². The normalized spacial score (nSPS) is 11.8. The summed E-state index contributed by atoms with van der Waals surface area (Å²) in [6.45, 7) is 0. The van der Waals surface area contributed by atoms with Gasteiger partial charge in [0.25, 0.3) is 0 Å². The molecule has 0 aliphatic rings. The summed E-state index contributed by atoms with van der Waals surface area (Å²) in [4.78, 5) is 11.3. The zero-order valence-electron chi connectivity index (χ0n) is 10.3. The van der Waals surface area contributed by atoms with Gasteiger partial charge >= 0.3 is 0 Å². The molecule has 1 amide bonds. The Kier molecular flexibility index (Phi) is 4.78. The number of carbonyl (C=O) groups is 1. The second-order valence-electron chi connectivity index (χ2n) is 3.60. The molecule has 0 aliphatic carbocycles. The van der Waals surface area contributed by atoms with Gasteiger partial charge in [0, 0.05) is 19.5 Å². The fourth-order valence-electron chi connectivity index (χ4n) is 1.54. The number of carbonyl (C=O) groups excluding carboxylic acids is 1. The van der Waals surface area contributed by atoms with Crippen molar-refractivity contribution < 1.29 is 14.3 Å². The SMILES string of the molecule is CNC(=O)C(N)Cc1ccc(OC)cc1OC. The minimum Gasteiger partial charge on any atom is -0.497 e. The standard InChI is InChI=1S/C12H18N2O3/c1-14-12(15)10(13)6-8-4-5-9(16-2)7-11(8)17-3/h4-5,7,10H,6,13H2,1-3H3,(H,14,15). The molecule has 0 bridgehead atoms. The van der Waals surface area contributed by atoms with Crippen LogP contribution < -0.4 is 20.5 Å². The molecule has 1 rings (SSSR count). The van der Waals surface area contributed by atoms with Crippen molar-refractivity contribution in [3.05, 3.63) is 23.8 Å². The number of hydrogen-bond acceptors (Lipinski definition) is 4. The maximum atomic E-state index is 11.3. The first-order valence-corrected chi connectivity index (χ1v) is 5.30. The molecule has 0 saturated heterocycles. The van der Waals surface area contributed by atoms with Gasteiger partial charge in [-0.05, 0) is 11.6 Å². The zero-order chi connectivity index (χ0) is 12.8. The predicted octanol–water partition coefficient (Wildman–Crippen LogP) is 0.320. The van der Waals surface area contributed by atoms with Gasteiger partial charge in [-0.2, -0.15) is 0 Å². The fourth-order valence-corrected chi connectivity index (χ4v) is 1.54. The Morgan fingerprint density at radius 2 is 2.12 bits per heavy atom. The Morgan fingerprint density at radius 1 is 1.41 bits per heavy atom. The van der Waals surface area contributed by atoms with E-state index in [1.807, 2.05) is 12.1 Å². The highest BCUT2D eigenvalue weighted by Gasteiger charge is 2.15. The number of methoxy groups -OCH3 is 2. The second kappa shape index (κ2) is 6.10. The molecule has 1 aromatic carbocycles. The molecular formula is C12H18N2O3. The van der Waals surface area contributed by atoms with Gasteiger partial charge in [-0.1, -0.05) is 6.07 Å². The topological polar surface area (TPSA) is 73.6 Å². The van der Waals surface area contributed by atoms with E-state index in [4.69, 9.17) is 15.2 Å². The third-order valence-corrected chi connectivity index (χ3v) is 2.52. The molecule has 0 spiro atoms. The lowest BCUT2D eigenvalue weighted by Crippen LogP contribution is -2.40. The molecule has 0 saturated carbocycles. The lowest BCUT2D eigenvalue weighted by molar-refractivity contribution is -0.121. The van der Waals surface area contributed by atoms with Crippen molar-refractivity contribution in [2.45, 2.75) is 12.5 Å². The Morgan fingerprint density at radius 3 is 2.65 bits per heavy atom. The molecule has 94 valence electrons. The van der Waals surface area contributed by atoms with Gasteiger partial charge in [-0.15, -0.1) is 0 Å². The largest absolute Gasteiger partial charge is 0.497 e. The minimum absolute atomic E-state index is 0.192. The number of ether oxygens (including phenoxy) is 2. The lowest BCUT2D eigenvalue weighted by Gasteiger charge is -2.14. The monoisotopic (exact) mass is 238 g/mol. The highest BCUT2D eigenvalue weighted by atomic mass is 16.5. The molecule has 0 radical (unpaired) electrons. The average Bonchev–Trinajstić information content (AvgIpc) is 2.37. The molecule has 1 aromatic rings. The summed E-state index contributed by atoms with van der Waals surface area (Å²) in [7, 11) is 4.72. The predicted molar refractivity (Wildman–Crippen MR) is 65.3 cm³/mol. The molecule has 17 heavy (non-hydrogen) atoms. The summed E-state index contributed by atoms with van der Waals surface area (Å²) in [6.07, 6.45) is 0.423. The molecular weight excluding hydrogens is 220 g/mol. The molecule has 1 unspecified atom stereocenters. The lowest BCUT2D eigenvalue weighted by atomic mass is 10.0. The van der Waals surface area contributed by atoms with Crippen molar-refractivity contribution in [2.75, 3.05) is 21.3 Å². The van der Waals surface area contributed by atoms with Crippen molar-refractivity contribution in [1.29, 1.82) is 0 Å². The number of hydrogen-bond donors (Lipinski definition) is 2. The highest BCUT2D eigenvalue weighted by molar-refractivity contribution is 5.81. The molecule has 3 N–H and O–H groups in total. The van der Waals surface area contributed by atoms with Crippen LogP contribution in [0.25, 0.3) is 0 Å². The van der Waals surface area contributed by atoms with Crippen LogP contribution in [0.5, 0.6) is 11.5 Å². The Balaban J connectivity index is 2.87. The highest BCUT2D eigenvalue weighted by Crippen LogP contribution is 2.25. The van der Waals surface area contributed by atoms with Crippen LogP contribution in [0.1, 0.15) is 5.56 Å². The molecule has 0 aliphatic heterocycles. The van der Waals surface area contributed by atoms with Gasteiger partial charge in [-0.25, -0.2) is 0 Å². The van der Waals surface area contributed by atoms with E-state index in [2.05, 4.69) is 5.32 Å². The summed E-state index contributed by atoms with van der Waals surface area (Å²) in [5.41, 5.74) is 6.63. The maximum Gasteiger partial charge on any atom is 0.237 e. The first-order chi connectivity index (χ1) is 8.12. The van der Waals surface area contributed by atoms with Crippen molar-refractivity contribution in [3.63, 3.8) is 0 Å². The Labute approximate surface area is 101 Å². The van der Waals surface area contributed by atoms with Gasteiger partial charge in [0.15, 0.2) is 0 Å². The smallest absolute Gasteiger partial charge is 0.237 e. The maximum absolute atomic E-state index is 11.3. The van der Waals surface area contributed by atoms with E-state index in [0.29, 0.717) is 17.9 Å². The van der Waals surface area contributed by atoms with E-state index < -0.39 is 6.04 Å². The Bertz CT molecular complexity index is 393. The summed E-state index contributed by atoms with van der Waals surface area (Å²) >= 11 is 0. The number of likely N-dealkylation sites (N-methyl/N-ethyl adjacent to an activating group) is 1. The van der Waals surface area contributed by atoms with Crippen LogP contribution in [0, 0.1) is 0 Å². The van der Waals surface area contributed by atoms with E-state index >= 15 is 0 Å². The van der Waals surface area contributed by atoms with Crippen LogP contribution in [0.15, 0.2) is 18.2 Å². The second-order valence-corrected chi connectivity index (χ2v) is 3.60. The van der Waals surface area contributed by atoms with Crippen molar-refractivity contribution >= 4 is 5.91 Å². The Hall–Kier alpha value is -1.75. The van der Waals surface area contributed by atoms with Gasteiger partial charge in [-0.3, -0.25) is 4.79 Å². The van der Waals surface area contributed by atoms with Gasteiger partial charge in [0.05, 0.1) is 20.3 Å². The summed E-state index contributed by atoms with van der Waals surface area (Å²) < 4.78 is 10.3. The summed E-state index contributed by atoms with van der Waals surface area (Å²) in [5, 5.41) is 2.52. The molecule has 1 atom stereocenters. The van der Waals surface area contributed by atoms with E-state index in [-0.39, 0.29) is 5.91 Å². The van der Waals surface area contributed by atoms with Crippen LogP contribution in [-0.2, 0) is 11.2 Å². The van der Waals surface area contributed by atoms with E-state index in [1.165, 1.54) is 0 Å². The number of amides is 1. The van der Waals surface area contributed by atoms with E-state index in [1.54, 1.807) is 27.3 Å². The molecule has 0 aromatic heterocycles. The summed E-state index contributed by atoms with van der Waals surface area (Å²) in [6, 6.07) is 4.85. The molecule has 5 heteroatoms. The van der Waals surface area contributed by atoms with Crippen LogP contribution in [0.2, 0.25) is 0 Å². The molecule has 5 nitrogen and oxygen atoms in total. The summed E-state index contributed by atoms with van der Waals surface area (Å²) in [5.74, 6) is 1.19.